The predicted octanol–water partition coefficient (Wildman–Crippen LogP) is 0.813. The molecule has 108 valence electrons. The van der Waals surface area contributed by atoms with E-state index in [0.717, 1.165) is 24.3 Å². The zero-order chi connectivity index (χ0) is 14.8. The number of β-amino-alcohol motifs (C(OH)–C–C–N with tert-alkyl or cyclic N) is 1. The summed E-state index contributed by atoms with van der Waals surface area (Å²) in [5, 5.41) is 9.61. The number of amides is 1. The van der Waals surface area contributed by atoms with Gasteiger partial charge in [0.1, 0.15) is 5.82 Å². The van der Waals surface area contributed by atoms with Crippen LogP contribution in [0.3, 0.4) is 0 Å². The van der Waals surface area contributed by atoms with Gasteiger partial charge in [-0.15, -0.1) is 0 Å². The monoisotopic (exact) mass is 284 g/mol. The van der Waals surface area contributed by atoms with Gasteiger partial charge in [-0.1, -0.05) is 12.1 Å². The summed E-state index contributed by atoms with van der Waals surface area (Å²) in [5.74, 6) is 0.841. The van der Waals surface area contributed by atoms with Crippen LogP contribution in [-0.4, -0.2) is 40.2 Å². The van der Waals surface area contributed by atoms with Crippen LogP contribution >= 0.6 is 0 Å². The molecule has 0 spiro atoms. The van der Waals surface area contributed by atoms with E-state index < -0.39 is 5.91 Å². The molecule has 2 aromatic rings. The fourth-order valence-corrected chi connectivity index (χ4v) is 2.43. The third kappa shape index (κ3) is 2.85. The van der Waals surface area contributed by atoms with Crippen molar-refractivity contribution in [1.29, 1.82) is 0 Å². The lowest BCUT2D eigenvalue weighted by Crippen LogP contribution is -2.22. The quantitative estimate of drug-likeness (QED) is 0.870. The molecule has 1 amide bonds. The van der Waals surface area contributed by atoms with Crippen molar-refractivity contribution in [2.24, 2.45) is 5.73 Å². The van der Waals surface area contributed by atoms with E-state index in [1.54, 1.807) is 24.4 Å². The Bertz CT molecular complexity index is 674. The summed E-state index contributed by atoms with van der Waals surface area (Å²) in [5.41, 5.74) is 6.46. The first-order valence-electron chi connectivity index (χ1n) is 6.80. The Labute approximate surface area is 122 Å². The smallest absolute Gasteiger partial charge is 0.248 e. The number of hydrogen-bond acceptors (Lipinski definition) is 5. The molecule has 0 saturated carbocycles. The van der Waals surface area contributed by atoms with Crippen molar-refractivity contribution in [2.75, 3.05) is 18.0 Å². The molecule has 1 atom stereocenters. The van der Waals surface area contributed by atoms with Crippen LogP contribution in [0.2, 0.25) is 0 Å². The summed E-state index contributed by atoms with van der Waals surface area (Å²) in [6, 6.07) is 8.75. The van der Waals surface area contributed by atoms with Crippen molar-refractivity contribution >= 4 is 11.7 Å². The molecule has 2 heterocycles. The Morgan fingerprint density at radius 2 is 2.24 bits per heavy atom. The number of aliphatic hydroxyl groups excluding tert-OH is 1. The van der Waals surface area contributed by atoms with Gasteiger partial charge >= 0.3 is 0 Å². The van der Waals surface area contributed by atoms with Crippen LogP contribution in [0.4, 0.5) is 5.82 Å². The zero-order valence-corrected chi connectivity index (χ0v) is 11.4. The van der Waals surface area contributed by atoms with E-state index in [0.29, 0.717) is 17.9 Å². The third-order valence-corrected chi connectivity index (χ3v) is 3.53. The van der Waals surface area contributed by atoms with Crippen LogP contribution in [0.15, 0.2) is 36.5 Å². The molecule has 0 bridgehead atoms. The first-order valence-corrected chi connectivity index (χ1v) is 6.80. The van der Waals surface area contributed by atoms with Crippen molar-refractivity contribution in [2.45, 2.75) is 12.5 Å². The van der Waals surface area contributed by atoms with E-state index >= 15 is 0 Å². The van der Waals surface area contributed by atoms with Crippen LogP contribution in [0.1, 0.15) is 16.8 Å². The molecular weight excluding hydrogens is 268 g/mol. The number of aliphatic hydroxyl groups is 1. The second-order valence-corrected chi connectivity index (χ2v) is 5.07. The summed E-state index contributed by atoms with van der Waals surface area (Å²) in [6.07, 6.45) is 2.12. The van der Waals surface area contributed by atoms with Gasteiger partial charge < -0.3 is 15.7 Å². The van der Waals surface area contributed by atoms with Gasteiger partial charge in [0.05, 0.1) is 6.10 Å². The number of nitrogens with zero attached hydrogens (tertiary/aromatic N) is 3. The molecule has 3 rings (SSSR count). The number of primary amides is 1. The lowest BCUT2D eigenvalue weighted by molar-refractivity contribution is 0.100. The molecule has 21 heavy (non-hydrogen) atoms. The molecule has 0 radical (unpaired) electrons. The van der Waals surface area contributed by atoms with E-state index in [-0.39, 0.29) is 6.10 Å². The Morgan fingerprint density at radius 3 is 2.95 bits per heavy atom. The molecule has 0 aliphatic carbocycles. The van der Waals surface area contributed by atoms with Crippen LogP contribution in [0.25, 0.3) is 11.4 Å². The molecule has 1 saturated heterocycles. The normalized spacial score (nSPS) is 18.0. The SMILES string of the molecule is NC(=O)c1cccc(-c2nccc(N3CCC(O)C3)n2)c1. The number of anilines is 1. The zero-order valence-electron chi connectivity index (χ0n) is 11.4. The van der Waals surface area contributed by atoms with Crippen LogP contribution in [0.5, 0.6) is 0 Å². The van der Waals surface area contributed by atoms with Crippen molar-refractivity contribution in [1.82, 2.24) is 9.97 Å². The minimum absolute atomic E-state index is 0.304. The molecule has 1 fully saturated rings. The van der Waals surface area contributed by atoms with E-state index in [4.69, 9.17) is 5.73 Å². The van der Waals surface area contributed by atoms with Gasteiger partial charge in [-0.2, -0.15) is 0 Å². The predicted molar refractivity (Wildman–Crippen MR) is 78.8 cm³/mol. The first-order chi connectivity index (χ1) is 10.1. The van der Waals surface area contributed by atoms with Crippen molar-refractivity contribution < 1.29 is 9.90 Å². The summed E-state index contributed by atoms with van der Waals surface area (Å²) in [4.78, 5) is 22.0. The number of rotatable bonds is 3. The van der Waals surface area contributed by atoms with Gasteiger partial charge in [-0.3, -0.25) is 4.79 Å². The summed E-state index contributed by atoms with van der Waals surface area (Å²) < 4.78 is 0. The van der Waals surface area contributed by atoms with Gasteiger partial charge in [0.15, 0.2) is 5.82 Å². The number of hydrogen-bond donors (Lipinski definition) is 2. The number of benzene rings is 1. The highest BCUT2D eigenvalue weighted by molar-refractivity contribution is 5.93. The second kappa shape index (κ2) is 5.49. The van der Waals surface area contributed by atoms with Crippen molar-refractivity contribution in [3.8, 4) is 11.4 Å². The molecule has 6 nitrogen and oxygen atoms in total. The molecular formula is C15H16N4O2. The van der Waals surface area contributed by atoms with E-state index in [1.165, 1.54) is 0 Å². The average molecular weight is 284 g/mol. The first kappa shape index (κ1) is 13.5. The molecule has 1 aliphatic heterocycles. The number of nitrogens with two attached hydrogens (primary N) is 1. The van der Waals surface area contributed by atoms with Gasteiger partial charge in [-0.05, 0) is 24.6 Å². The van der Waals surface area contributed by atoms with E-state index in [9.17, 15) is 9.90 Å². The fourth-order valence-electron chi connectivity index (χ4n) is 2.43. The lowest BCUT2D eigenvalue weighted by atomic mass is 10.1. The largest absolute Gasteiger partial charge is 0.391 e. The summed E-state index contributed by atoms with van der Waals surface area (Å²) in [6.45, 7) is 1.36. The highest BCUT2D eigenvalue weighted by Gasteiger charge is 2.21. The van der Waals surface area contributed by atoms with Crippen LogP contribution in [0, 0.1) is 0 Å². The molecule has 3 N–H and O–H groups in total. The second-order valence-electron chi connectivity index (χ2n) is 5.07. The molecule has 1 aliphatic rings. The number of aromatic nitrogens is 2. The van der Waals surface area contributed by atoms with E-state index in [2.05, 4.69) is 9.97 Å². The van der Waals surface area contributed by atoms with Gasteiger partial charge in [0, 0.05) is 30.4 Å². The highest BCUT2D eigenvalue weighted by atomic mass is 16.3. The maximum atomic E-state index is 11.2. The minimum atomic E-state index is -0.476. The molecule has 6 heteroatoms. The Hall–Kier alpha value is -2.47. The Balaban J connectivity index is 1.92. The topological polar surface area (TPSA) is 92.3 Å². The molecule has 1 aromatic carbocycles. The maximum Gasteiger partial charge on any atom is 0.248 e. The Morgan fingerprint density at radius 1 is 1.38 bits per heavy atom. The van der Waals surface area contributed by atoms with Gasteiger partial charge in [0.25, 0.3) is 0 Å². The summed E-state index contributed by atoms with van der Waals surface area (Å²) in [7, 11) is 0. The van der Waals surface area contributed by atoms with E-state index in [1.807, 2.05) is 17.0 Å². The number of carbonyl (C=O) groups is 1. The van der Waals surface area contributed by atoms with Crippen molar-refractivity contribution in [3.63, 3.8) is 0 Å². The lowest BCUT2D eigenvalue weighted by Gasteiger charge is -2.16. The maximum absolute atomic E-state index is 11.2. The van der Waals surface area contributed by atoms with Crippen LogP contribution < -0.4 is 10.6 Å². The third-order valence-electron chi connectivity index (χ3n) is 3.53. The highest BCUT2D eigenvalue weighted by Crippen LogP contribution is 2.22. The molecule has 1 aromatic heterocycles. The number of carbonyl (C=O) groups excluding carboxylic acids is 1. The van der Waals surface area contributed by atoms with Crippen LogP contribution in [-0.2, 0) is 0 Å². The van der Waals surface area contributed by atoms with Gasteiger partial charge in [-0.25, -0.2) is 9.97 Å². The molecule has 1 unspecified atom stereocenters. The summed E-state index contributed by atoms with van der Waals surface area (Å²) >= 11 is 0. The standard InChI is InChI=1S/C15H16N4O2/c16-14(21)10-2-1-3-11(8-10)15-17-6-4-13(18-15)19-7-5-12(20)9-19/h1-4,6,8,12,20H,5,7,9H2,(H2,16,21). The fraction of sp³-hybridized carbons (Fsp3) is 0.267. The average Bonchev–Trinajstić information content (AvgIpc) is 2.94. The van der Waals surface area contributed by atoms with Crippen molar-refractivity contribution in [3.05, 3.63) is 42.1 Å². The van der Waals surface area contributed by atoms with Gasteiger partial charge in [0.2, 0.25) is 5.91 Å². The minimum Gasteiger partial charge on any atom is -0.391 e. The Kier molecular flexibility index (Phi) is 3.53.